The van der Waals surface area contributed by atoms with E-state index < -0.39 is 0 Å². The molecule has 0 atom stereocenters. The fourth-order valence-corrected chi connectivity index (χ4v) is 4.71. The Labute approximate surface area is 193 Å². The number of hydrogen-bond acceptors (Lipinski definition) is 4. The first-order chi connectivity index (χ1) is 14.1. The van der Waals surface area contributed by atoms with Gasteiger partial charge in [-0.25, -0.2) is 0 Å². The van der Waals surface area contributed by atoms with Crippen LogP contribution in [0, 0.1) is 26.8 Å². The molecule has 0 bridgehead atoms. The molecule has 0 N–H and O–H groups in total. The van der Waals surface area contributed by atoms with E-state index in [2.05, 4.69) is 77.1 Å². The first-order valence-corrected chi connectivity index (χ1v) is 10.3. The molecule has 3 aromatic carbocycles. The Morgan fingerprint density at radius 2 is 1.67 bits per heavy atom. The molecular formula is C24H19IrN4S-. The van der Waals surface area contributed by atoms with Crippen molar-refractivity contribution in [2.24, 2.45) is 0 Å². The van der Waals surface area contributed by atoms with Gasteiger partial charge in [0.05, 0.1) is 10.8 Å². The molecule has 0 saturated carbocycles. The molecule has 1 radical (unpaired) electrons. The number of aromatic nitrogens is 4. The molecule has 0 unspecified atom stereocenters. The molecule has 30 heavy (non-hydrogen) atoms. The average molecular weight is 588 g/mol. The summed E-state index contributed by atoms with van der Waals surface area (Å²) in [6.45, 7) is 6.29. The fourth-order valence-electron chi connectivity index (χ4n) is 3.88. The van der Waals surface area contributed by atoms with Crippen LogP contribution in [-0.4, -0.2) is 19.7 Å². The number of rotatable bonds is 3. The predicted molar refractivity (Wildman–Crippen MR) is 118 cm³/mol. The van der Waals surface area contributed by atoms with Gasteiger partial charge in [0.25, 0.3) is 0 Å². The van der Waals surface area contributed by atoms with E-state index >= 15 is 0 Å². The van der Waals surface area contributed by atoms with Crippen molar-refractivity contribution in [1.29, 1.82) is 0 Å². The van der Waals surface area contributed by atoms with Gasteiger partial charge < -0.3 is 4.57 Å². The van der Waals surface area contributed by atoms with Crippen molar-refractivity contribution < 1.29 is 20.1 Å². The summed E-state index contributed by atoms with van der Waals surface area (Å²) >= 11 is 1.68. The van der Waals surface area contributed by atoms with Crippen LogP contribution in [0.15, 0.2) is 60.9 Å². The minimum absolute atomic E-state index is 0. The van der Waals surface area contributed by atoms with Gasteiger partial charge in [0.1, 0.15) is 6.33 Å². The zero-order valence-corrected chi connectivity index (χ0v) is 20.0. The normalized spacial score (nSPS) is 10.9. The molecule has 0 saturated heterocycles. The van der Waals surface area contributed by atoms with E-state index in [1.165, 1.54) is 22.3 Å². The van der Waals surface area contributed by atoms with Crippen molar-refractivity contribution in [3.63, 3.8) is 0 Å². The summed E-state index contributed by atoms with van der Waals surface area (Å²) in [5.74, 6) is 0.763. The van der Waals surface area contributed by atoms with E-state index in [-0.39, 0.29) is 20.1 Å². The molecule has 0 aliphatic rings. The number of aryl methyl sites for hydroxylation is 3. The summed E-state index contributed by atoms with van der Waals surface area (Å²) in [7, 11) is 0. The standard InChI is InChI=1S/C24H19N4S.Ir/c1-15-12-19(18-8-5-4-6-9-18)13-16(2)23(15)28-14-25-27-24(28)20-10-7-11-21-22(20)26-17(3)29-21;/h4-9,11-14H,1-3H3;/q-1;. The molecule has 0 aliphatic heterocycles. The van der Waals surface area contributed by atoms with Crippen LogP contribution in [0.3, 0.4) is 0 Å². The van der Waals surface area contributed by atoms with Crippen LogP contribution < -0.4 is 0 Å². The molecule has 4 nitrogen and oxygen atoms in total. The molecule has 5 rings (SSSR count). The molecule has 0 spiro atoms. The van der Waals surface area contributed by atoms with Crippen LogP contribution in [0.2, 0.25) is 0 Å². The van der Waals surface area contributed by atoms with E-state index in [0.29, 0.717) is 0 Å². The van der Waals surface area contributed by atoms with Gasteiger partial charge in [-0.3, -0.25) is 4.98 Å². The monoisotopic (exact) mass is 588 g/mol. The van der Waals surface area contributed by atoms with E-state index in [0.717, 1.165) is 32.3 Å². The van der Waals surface area contributed by atoms with Gasteiger partial charge in [-0.05, 0) is 59.9 Å². The Bertz CT molecular complexity index is 1320. The third-order valence-corrected chi connectivity index (χ3v) is 6.01. The van der Waals surface area contributed by atoms with E-state index in [1.54, 1.807) is 17.7 Å². The Kier molecular flexibility index (Phi) is 5.65. The van der Waals surface area contributed by atoms with Gasteiger partial charge in [0, 0.05) is 31.3 Å². The maximum atomic E-state index is 4.71. The smallest absolute Gasteiger partial charge is 0.114 e. The Morgan fingerprint density at radius 3 is 2.40 bits per heavy atom. The molecule has 0 amide bonds. The van der Waals surface area contributed by atoms with Gasteiger partial charge in [0.2, 0.25) is 0 Å². The largest absolute Gasteiger partial charge is 0.322 e. The maximum absolute atomic E-state index is 4.71. The Morgan fingerprint density at radius 1 is 0.933 bits per heavy atom. The van der Waals surface area contributed by atoms with Crippen molar-refractivity contribution in [1.82, 2.24) is 19.7 Å². The third-order valence-electron chi connectivity index (χ3n) is 5.07. The van der Waals surface area contributed by atoms with Gasteiger partial charge in [0.15, 0.2) is 0 Å². The Balaban J connectivity index is 0.00000218. The summed E-state index contributed by atoms with van der Waals surface area (Å²) in [6.07, 6.45) is 1.78. The van der Waals surface area contributed by atoms with Crippen molar-refractivity contribution in [3.05, 3.63) is 83.1 Å². The summed E-state index contributed by atoms with van der Waals surface area (Å²) < 4.78 is 3.19. The molecule has 151 valence electrons. The number of hydrogen-bond donors (Lipinski definition) is 0. The Hall–Kier alpha value is -2.66. The van der Waals surface area contributed by atoms with Crippen molar-refractivity contribution in [2.75, 3.05) is 0 Å². The van der Waals surface area contributed by atoms with E-state index in [9.17, 15) is 0 Å². The minimum atomic E-state index is 0. The molecule has 6 heteroatoms. The summed E-state index contributed by atoms with van der Waals surface area (Å²) in [5.41, 5.74) is 7.68. The minimum Gasteiger partial charge on any atom is -0.322 e. The topological polar surface area (TPSA) is 43.6 Å². The fraction of sp³-hybridized carbons (Fsp3) is 0.125. The number of nitrogens with zero attached hydrogens (tertiary/aromatic N) is 4. The van der Waals surface area contributed by atoms with Crippen LogP contribution in [0.25, 0.3) is 38.4 Å². The number of fused-ring (bicyclic) bond motifs is 1. The van der Waals surface area contributed by atoms with Crippen molar-refractivity contribution >= 4 is 21.6 Å². The van der Waals surface area contributed by atoms with Gasteiger partial charge in [-0.2, -0.15) is 5.10 Å². The number of benzene rings is 3. The summed E-state index contributed by atoms with van der Waals surface area (Å²) in [5, 5.41) is 9.69. The molecule has 0 fully saturated rings. The van der Waals surface area contributed by atoms with Crippen molar-refractivity contribution in [2.45, 2.75) is 20.8 Å². The van der Waals surface area contributed by atoms with Crippen molar-refractivity contribution in [3.8, 4) is 28.2 Å². The molecule has 2 aromatic heterocycles. The second-order valence-electron chi connectivity index (χ2n) is 7.15. The van der Waals surface area contributed by atoms with Gasteiger partial charge >= 0.3 is 0 Å². The molecular weight excluding hydrogens is 569 g/mol. The second kappa shape index (κ2) is 8.23. The summed E-state index contributed by atoms with van der Waals surface area (Å²) in [6, 6.07) is 22.2. The SMILES string of the molecule is Cc1nc2c(-c3nncn3-c3c(C)cc(-c4ccccc4)cc3C)[c-]ccc2s1.[Ir]. The van der Waals surface area contributed by atoms with Crippen LogP contribution in [-0.2, 0) is 20.1 Å². The third kappa shape index (κ3) is 3.52. The quantitative estimate of drug-likeness (QED) is 0.246. The zero-order chi connectivity index (χ0) is 20.0. The average Bonchev–Trinajstić information content (AvgIpc) is 3.33. The van der Waals surface area contributed by atoms with Crippen LogP contribution in [0.5, 0.6) is 0 Å². The van der Waals surface area contributed by atoms with E-state index in [1.807, 2.05) is 19.1 Å². The molecule has 2 heterocycles. The number of thiazole rings is 1. The van der Waals surface area contributed by atoms with Crippen LogP contribution in [0.4, 0.5) is 0 Å². The predicted octanol–water partition coefficient (Wildman–Crippen LogP) is 5.93. The summed E-state index contributed by atoms with van der Waals surface area (Å²) in [4.78, 5) is 4.71. The van der Waals surface area contributed by atoms with Gasteiger partial charge in [-0.1, -0.05) is 35.9 Å². The first kappa shape index (κ1) is 20.6. The second-order valence-corrected chi connectivity index (χ2v) is 8.38. The van der Waals surface area contributed by atoms with E-state index in [4.69, 9.17) is 4.98 Å². The zero-order valence-electron chi connectivity index (χ0n) is 16.8. The molecule has 5 aromatic rings. The first-order valence-electron chi connectivity index (χ1n) is 9.47. The van der Waals surface area contributed by atoms with Crippen LogP contribution in [0.1, 0.15) is 16.1 Å². The molecule has 0 aliphatic carbocycles. The maximum Gasteiger partial charge on any atom is 0.114 e. The van der Waals surface area contributed by atoms with Crippen LogP contribution >= 0.6 is 11.3 Å². The van der Waals surface area contributed by atoms with Gasteiger partial charge in [-0.15, -0.1) is 34.6 Å².